The summed E-state index contributed by atoms with van der Waals surface area (Å²) in [5.41, 5.74) is 0.764. The Kier molecular flexibility index (Phi) is 7.70. The molecule has 2 aromatic carbocycles. The SMILES string of the molecule is C/C=C/C=C/C(=O)OCC(=O)c1ccc(OC(=O)c2ccc(Br)cc2)cc1. The highest BCUT2D eigenvalue weighted by atomic mass is 79.9. The van der Waals surface area contributed by atoms with E-state index in [1.165, 1.54) is 36.4 Å². The normalized spacial score (nSPS) is 10.9. The molecule has 0 saturated heterocycles. The Morgan fingerprint density at radius 1 is 0.926 bits per heavy atom. The summed E-state index contributed by atoms with van der Waals surface area (Å²) in [5.74, 6) is -1.13. The predicted octanol–water partition coefficient (Wildman–Crippen LogP) is 4.53. The molecular weight excluding hydrogens is 412 g/mol. The summed E-state index contributed by atoms with van der Waals surface area (Å²) in [7, 11) is 0. The van der Waals surface area contributed by atoms with Gasteiger partial charge in [-0.1, -0.05) is 34.2 Å². The molecule has 138 valence electrons. The third kappa shape index (κ3) is 6.67. The van der Waals surface area contributed by atoms with Crippen LogP contribution in [-0.4, -0.2) is 24.3 Å². The molecule has 0 aliphatic rings. The number of benzene rings is 2. The van der Waals surface area contributed by atoms with Crippen LogP contribution in [0.1, 0.15) is 27.6 Å². The molecule has 0 aliphatic heterocycles. The molecule has 0 fully saturated rings. The molecule has 0 bridgehead atoms. The minimum absolute atomic E-state index is 0.311. The van der Waals surface area contributed by atoms with Gasteiger partial charge >= 0.3 is 11.9 Å². The van der Waals surface area contributed by atoms with Crippen LogP contribution in [0.15, 0.2) is 77.3 Å². The van der Waals surface area contributed by atoms with E-state index in [1.807, 2.05) is 6.92 Å². The quantitative estimate of drug-likeness (QED) is 0.213. The van der Waals surface area contributed by atoms with Gasteiger partial charge < -0.3 is 9.47 Å². The smallest absolute Gasteiger partial charge is 0.343 e. The molecular formula is C21H17BrO5. The first-order chi connectivity index (χ1) is 13.0. The van der Waals surface area contributed by atoms with Gasteiger partial charge in [-0.25, -0.2) is 9.59 Å². The highest BCUT2D eigenvalue weighted by Crippen LogP contribution is 2.16. The first-order valence-electron chi connectivity index (χ1n) is 8.06. The third-order valence-corrected chi connectivity index (χ3v) is 3.88. The first-order valence-corrected chi connectivity index (χ1v) is 8.86. The van der Waals surface area contributed by atoms with Crippen LogP contribution in [0.3, 0.4) is 0 Å². The van der Waals surface area contributed by atoms with Gasteiger partial charge in [0.1, 0.15) is 5.75 Å². The van der Waals surface area contributed by atoms with E-state index in [9.17, 15) is 14.4 Å². The molecule has 0 atom stereocenters. The van der Waals surface area contributed by atoms with Crippen molar-refractivity contribution in [3.8, 4) is 5.75 Å². The largest absolute Gasteiger partial charge is 0.454 e. The monoisotopic (exact) mass is 428 g/mol. The fourth-order valence-corrected chi connectivity index (χ4v) is 2.24. The molecule has 0 aromatic heterocycles. The van der Waals surface area contributed by atoms with E-state index in [0.29, 0.717) is 16.9 Å². The minimum Gasteiger partial charge on any atom is -0.454 e. The van der Waals surface area contributed by atoms with Crippen LogP contribution in [0.5, 0.6) is 5.75 Å². The van der Waals surface area contributed by atoms with E-state index in [0.717, 1.165) is 4.47 Å². The van der Waals surface area contributed by atoms with Crippen LogP contribution in [0, 0.1) is 0 Å². The lowest BCUT2D eigenvalue weighted by Gasteiger charge is -2.06. The lowest BCUT2D eigenvalue weighted by molar-refractivity contribution is -0.136. The van der Waals surface area contributed by atoms with Crippen LogP contribution in [-0.2, 0) is 9.53 Å². The zero-order valence-electron chi connectivity index (χ0n) is 14.6. The summed E-state index contributed by atoms with van der Waals surface area (Å²) in [6.45, 7) is 1.45. The van der Waals surface area contributed by atoms with Gasteiger partial charge in [-0.2, -0.15) is 0 Å². The number of carbonyl (C=O) groups is 3. The molecule has 2 aromatic rings. The van der Waals surface area contributed by atoms with Crippen LogP contribution in [0.25, 0.3) is 0 Å². The summed E-state index contributed by atoms with van der Waals surface area (Å²) in [5, 5.41) is 0. The Labute approximate surface area is 165 Å². The third-order valence-electron chi connectivity index (χ3n) is 3.35. The van der Waals surface area contributed by atoms with Gasteiger partial charge in [-0.05, 0) is 55.5 Å². The van der Waals surface area contributed by atoms with Crippen molar-refractivity contribution in [1.29, 1.82) is 0 Å². The van der Waals surface area contributed by atoms with Crippen molar-refractivity contribution in [1.82, 2.24) is 0 Å². The lowest BCUT2D eigenvalue weighted by Crippen LogP contribution is -2.13. The van der Waals surface area contributed by atoms with Gasteiger partial charge in [0.15, 0.2) is 12.4 Å². The molecule has 0 radical (unpaired) electrons. The molecule has 0 N–H and O–H groups in total. The van der Waals surface area contributed by atoms with Crippen LogP contribution >= 0.6 is 15.9 Å². The predicted molar refractivity (Wildman–Crippen MR) is 105 cm³/mol. The zero-order chi connectivity index (χ0) is 19.6. The van der Waals surface area contributed by atoms with Gasteiger partial charge in [-0.3, -0.25) is 4.79 Å². The Morgan fingerprint density at radius 3 is 2.19 bits per heavy atom. The van der Waals surface area contributed by atoms with E-state index >= 15 is 0 Å². The maximum Gasteiger partial charge on any atom is 0.343 e. The van der Waals surface area contributed by atoms with Gasteiger partial charge in [0, 0.05) is 16.1 Å². The van der Waals surface area contributed by atoms with Crippen molar-refractivity contribution < 1.29 is 23.9 Å². The topological polar surface area (TPSA) is 69.7 Å². The first kappa shape index (κ1) is 20.3. The van der Waals surface area contributed by atoms with Gasteiger partial charge in [0.05, 0.1) is 5.56 Å². The molecule has 0 amide bonds. The molecule has 0 heterocycles. The number of Topliss-reactive ketones (excluding diaryl/α,β-unsaturated/α-hetero) is 1. The lowest BCUT2D eigenvalue weighted by atomic mass is 10.1. The number of hydrogen-bond acceptors (Lipinski definition) is 5. The van der Waals surface area contributed by atoms with Crippen molar-refractivity contribution in [3.05, 3.63) is 88.4 Å². The summed E-state index contributed by atoms with van der Waals surface area (Å²) in [6.07, 6.45) is 6.21. The fraction of sp³-hybridized carbons (Fsp3) is 0.0952. The van der Waals surface area contributed by atoms with Gasteiger partial charge in [0.2, 0.25) is 0 Å². The maximum atomic E-state index is 12.1. The molecule has 0 spiro atoms. The Morgan fingerprint density at radius 2 is 1.56 bits per heavy atom. The standard InChI is InChI=1S/C21H17BrO5/c1-2-3-4-5-20(24)26-14-19(23)15-8-12-18(13-9-15)27-21(25)16-6-10-17(22)11-7-16/h2-13H,14H2,1H3/b3-2+,5-4+. The average Bonchev–Trinajstić information content (AvgIpc) is 2.67. The summed E-state index contributed by atoms with van der Waals surface area (Å²) >= 11 is 3.30. The second-order valence-electron chi connectivity index (χ2n) is 5.34. The molecule has 6 heteroatoms. The molecule has 2 rings (SSSR count). The summed E-state index contributed by atoms with van der Waals surface area (Å²) < 4.78 is 11.0. The fourth-order valence-electron chi connectivity index (χ4n) is 1.97. The molecule has 5 nitrogen and oxygen atoms in total. The van der Waals surface area contributed by atoms with Crippen LogP contribution < -0.4 is 4.74 Å². The van der Waals surface area contributed by atoms with E-state index in [-0.39, 0.29) is 12.4 Å². The molecule has 0 aliphatic carbocycles. The van der Waals surface area contributed by atoms with Crippen molar-refractivity contribution in [2.45, 2.75) is 6.92 Å². The second-order valence-corrected chi connectivity index (χ2v) is 6.25. The van der Waals surface area contributed by atoms with E-state index in [4.69, 9.17) is 9.47 Å². The average molecular weight is 429 g/mol. The van der Waals surface area contributed by atoms with E-state index in [1.54, 1.807) is 36.4 Å². The van der Waals surface area contributed by atoms with Gasteiger partial charge in [0.25, 0.3) is 0 Å². The number of hydrogen-bond donors (Lipinski definition) is 0. The van der Waals surface area contributed by atoms with Crippen molar-refractivity contribution in [2.75, 3.05) is 6.61 Å². The maximum absolute atomic E-state index is 12.1. The van der Waals surface area contributed by atoms with Crippen LogP contribution in [0.2, 0.25) is 0 Å². The van der Waals surface area contributed by atoms with Crippen molar-refractivity contribution >= 4 is 33.7 Å². The highest BCUT2D eigenvalue weighted by molar-refractivity contribution is 9.10. The number of allylic oxidation sites excluding steroid dienone is 3. The number of ether oxygens (including phenoxy) is 2. The molecule has 0 unspecified atom stereocenters. The van der Waals surface area contributed by atoms with E-state index in [2.05, 4.69) is 15.9 Å². The minimum atomic E-state index is -0.596. The highest BCUT2D eigenvalue weighted by Gasteiger charge is 2.11. The molecule has 27 heavy (non-hydrogen) atoms. The Balaban J connectivity index is 1.90. The van der Waals surface area contributed by atoms with Crippen molar-refractivity contribution in [2.24, 2.45) is 0 Å². The number of rotatable bonds is 7. The number of carbonyl (C=O) groups excluding carboxylic acids is 3. The number of esters is 2. The van der Waals surface area contributed by atoms with Gasteiger partial charge in [-0.15, -0.1) is 0 Å². The van der Waals surface area contributed by atoms with Crippen LogP contribution in [0.4, 0.5) is 0 Å². The van der Waals surface area contributed by atoms with Crippen molar-refractivity contribution in [3.63, 3.8) is 0 Å². The zero-order valence-corrected chi connectivity index (χ0v) is 16.1. The Bertz CT molecular complexity index is 864. The Hall–Kier alpha value is -2.99. The number of halogens is 1. The molecule has 0 saturated carbocycles. The number of ketones is 1. The summed E-state index contributed by atoms with van der Waals surface area (Å²) in [4.78, 5) is 35.5. The summed E-state index contributed by atoms with van der Waals surface area (Å²) in [6, 6.07) is 12.8. The second kappa shape index (κ2) is 10.2. The van der Waals surface area contributed by atoms with E-state index < -0.39 is 11.9 Å².